The first-order chi connectivity index (χ1) is 8.49. The smallest absolute Gasteiger partial charge is 0.337 e. The molecule has 5 heteroatoms. The summed E-state index contributed by atoms with van der Waals surface area (Å²) in [5.74, 6) is -1.06. The van der Waals surface area contributed by atoms with Crippen LogP contribution in [-0.2, 0) is 0 Å². The van der Waals surface area contributed by atoms with Crippen LogP contribution < -0.4 is 5.73 Å². The summed E-state index contributed by atoms with van der Waals surface area (Å²) in [5.41, 5.74) is 7.40. The molecule has 0 spiro atoms. The van der Waals surface area contributed by atoms with Gasteiger partial charge in [0, 0.05) is 5.69 Å². The highest BCUT2D eigenvalue weighted by atomic mass is 35.5. The minimum absolute atomic E-state index is 0.0681. The van der Waals surface area contributed by atoms with Crippen LogP contribution in [0.1, 0.15) is 10.4 Å². The number of halogens is 2. The molecule has 0 unspecified atom stereocenters. The van der Waals surface area contributed by atoms with E-state index < -0.39 is 5.97 Å². The van der Waals surface area contributed by atoms with Crippen molar-refractivity contribution in [2.75, 3.05) is 5.73 Å². The Morgan fingerprint density at radius 2 is 1.61 bits per heavy atom. The molecule has 2 rings (SSSR count). The summed E-state index contributed by atoms with van der Waals surface area (Å²) in [5, 5.41) is 9.88. The van der Waals surface area contributed by atoms with Gasteiger partial charge in [0.2, 0.25) is 0 Å². The Bertz CT molecular complexity index is 626. The predicted octanol–water partition coefficient (Wildman–Crippen LogP) is 3.94. The van der Waals surface area contributed by atoms with Crippen LogP contribution in [0.2, 0.25) is 10.0 Å². The molecule has 3 nitrogen and oxygen atoms in total. The van der Waals surface area contributed by atoms with Gasteiger partial charge in [0.15, 0.2) is 0 Å². The topological polar surface area (TPSA) is 63.3 Å². The van der Waals surface area contributed by atoms with Crippen LogP contribution in [0.5, 0.6) is 0 Å². The molecule has 92 valence electrons. The summed E-state index contributed by atoms with van der Waals surface area (Å²) < 4.78 is 0. The zero-order valence-electron chi connectivity index (χ0n) is 9.15. The minimum Gasteiger partial charge on any atom is -0.478 e. The first kappa shape index (κ1) is 12.7. The lowest BCUT2D eigenvalue weighted by molar-refractivity contribution is 0.0698. The van der Waals surface area contributed by atoms with E-state index in [1.54, 1.807) is 30.3 Å². The van der Waals surface area contributed by atoms with Crippen molar-refractivity contribution in [1.82, 2.24) is 0 Å². The molecule has 2 aromatic rings. The van der Waals surface area contributed by atoms with Gasteiger partial charge in [0.1, 0.15) is 0 Å². The average Bonchev–Trinajstić information content (AvgIpc) is 2.33. The third-order valence-electron chi connectivity index (χ3n) is 2.54. The number of carboxylic acid groups (broad SMARTS) is 1. The highest BCUT2D eigenvalue weighted by Crippen LogP contribution is 2.30. The first-order valence-corrected chi connectivity index (χ1v) is 5.83. The van der Waals surface area contributed by atoms with E-state index in [0.717, 1.165) is 11.1 Å². The zero-order chi connectivity index (χ0) is 13.3. The van der Waals surface area contributed by atoms with Gasteiger partial charge in [0.25, 0.3) is 0 Å². The standard InChI is InChI=1S/C13H9Cl2NO2/c14-10-3-1-8(6-11(10)15)7-2-4-12(16)9(5-7)13(17)18/h1-6H,16H2,(H,17,18). The molecule has 0 heterocycles. The fourth-order valence-corrected chi connectivity index (χ4v) is 1.89. The van der Waals surface area contributed by atoms with Gasteiger partial charge in [-0.1, -0.05) is 35.3 Å². The fourth-order valence-electron chi connectivity index (χ4n) is 1.60. The van der Waals surface area contributed by atoms with Crippen LogP contribution in [0.4, 0.5) is 5.69 Å². The average molecular weight is 282 g/mol. The minimum atomic E-state index is -1.06. The van der Waals surface area contributed by atoms with Gasteiger partial charge in [-0.2, -0.15) is 0 Å². The van der Waals surface area contributed by atoms with Crippen LogP contribution in [0, 0.1) is 0 Å². The van der Waals surface area contributed by atoms with Gasteiger partial charge in [-0.05, 0) is 35.4 Å². The third-order valence-corrected chi connectivity index (χ3v) is 3.28. The molecule has 0 bridgehead atoms. The normalized spacial score (nSPS) is 10.3. The van der Waals surface area contributed by atoms with Gasteiger partial charge >= 0.3 is 5.97 Å². The SMILES string of the molecule is Nc1ccc(-c2ccc(Cl)c(Cl)c2)cc1C(=O)O. The van der Waals surface area contributed by atoms with Crippen molar-refractivity contribution < 1.29 is 9.90 Å². The highest BCUT2D eigenvalue weighted by molar-refractivity contribution is 6.42. The predicted molar refractivity (Wildman–Crippen MR) is 73.3 cm³/mol. The second-order valence-electron chi connectivity index (χ2n) is 3.74. The van der Waals surface area contributed by atoms with Crippen molar-refractivity contribution in [3.63, 3.8) is 0 Å². The lowest BCUT2D eigenvalue weighted by atomic mass is 10.0. The Morgan fingerprint density at radius 3 is 2.22 bits per heavy atom. The van der Waals surface area contributed by atoms with Crippen molar-refractivity contribution in [1.29, 1.82) is 0 Å². The van der Waals surface area contributed by atoms with E-state index in [1.807, 2.05) is 0 Å². The number of nitrogens with two attached hydrogens (primary N) is 1. The monoisotopic (exact) mass is 281 g/mol. The van der Waals surface area contributed by atoms with Crippen molar-refractivity contribution in [2.45, 2.75) is 0 Å². The molecule has 18 heavy (non-hydrogen) atoms. The number of hydrogen-bond acceptors (Lipinski definition) is 2. The summed E-state index contributed by atoms with van der Waals surface area (Å²) in [6.07, 6.45) is 0. The van der Waals surface area contributed by atoms with Crippen molar-refractivity contribution >= 4 is 34.9 Å². The van der Waals surface area contributed by atoms with E-state index in [-0.39, 0.29) is 11.3 Å². The number of carboxylic acids is 1. The lowest BCUT2D eigenvalue weighted by Gasteiger charge is -2.07. The summed E-state index contributed by atoms with van der Waals surface area (Å²) in [6, 6.07) is 9.92. The van der Waals surface area contributed by atoms with E-state index in [9.17, 15) is 4.79 Å². The Balaban J connectivity index is 2.54. The molecule has 0 aliphatic carbocycles. The molecule has 0 amide bonds. The molecule has 0 saturated carbocycles. The van der Waals surface area contributed by atoms with E-state index in [0.29, 0.717) is 10.0 Å². The van der Waals surface area contributed by atoms with Gasteiger partial charge in [-0.15, -0.1) is 0 Å². The summed E-state index contributed by atoms with van der Waals surface area (Å²) in [6.45, 7) is 0. The fraction of sp³-hybridized carbons (Fsp3) is 0. The second-order valence-corrected chi connectivity index (χ2v) is 4.55. The van der Waals surface area contributed by atoms with Crippen molar-refractivity contribution in [3.8, 4) is 11.1 Å². The summed E-state index contributed by atoms with van der Waals surface area (Å²) >= 11 is 11.8. The molecule has 3 N–H and O–H groups in total. The number of nitrogen functional groups attached to an aromatic ring is 1. The molecule has 0 aliphatic heterocycles. The molecular formula is C13H9Cl2NO2. The van der Waals surface area contributed by atoms with E-state index >= 15 is 0 Å². The summed E-state index contributed by atoms with van der Waals surface area (Å²) in [4.78, 5) is 11.0. The lowest BCUT2D eigenvalue weighted by Crippen LogP contribution is -2.02. The van der Waals surface area contributed by atoms with Gasteiger partial charge < -0.3 is 10.8 Å². The van der Waals surface area contributed by atoms with Gasteiger partial charge in [-0.25, -0.2) is 4.79 Å². The number of benzene rings is 2. The second kappa shape index (κ2) is 4.88. The van der Waals surface area contributed by atoms with Gasteiger partial charge in [0.05, 0.1) is 15.6 Å². The van der Waals surface area contributed by atoms with E-state index in [2.05, 4.69) is 0 Å². The zero-order valence-corrected chi connectivity index (χ0v) is 10.7. The molecule has 0 atom stereocenters. The first-order valence-electron chi connectivity index (χ1n) is 5.07. The highest BCUT2D eigenvalue weighted by Gasteiger charge is 2.10. The third kappa shape index (κ3) is 2.42. The number of aromatic carboxylic acids is 1. The van der Waals surface area contributed by atoms with Crippen LogP contribution >= 0.6 is 23.2 Å². The Kier molecular flexibility index (Phi) is 3.45. The number of carbonyl (C=O) groups is 1. The van der Waals surface area contributed by atoms with Crippen molar-refractivity contribution in [2.24, 2.45) is 0 Å². The molecule has 0 aromatic heterocycles. The molecule has 0 aliphatic rings. The number of anilines is 1. The van der Waals surface area contributed by atoms with E-state index in [4.69, 9.17) is 34.0 Å². The molecular weight excluding hydrogens is 273 g/mol. The van der Waals surface area contributed by atoms with Crippen LogP contribution in [0.25, 0.3) is 11.1 Å². The van der Waals surface area contributed by atoms with Crippen LogP contribution in [0.3, 0.4) is 0 Å². The Morgan fingerprint density at radius 1 is 1.00 bits per heavy atom. The van der Waals surface area contributed by atoms with Gasteiger partial charge in [-0.3, -0.25) is 0 Å². The number of hydrogen-bond donors (Lipinski definition) is 2. The number of rotatable bonds is 2. The molecule has 0 saturated heterocycles. The molecule has 0 fully saturated rings. The largest absolute Gasteiger partial charge is 0.478 e. The van der Waals surface area contributed by atoms with Crippen LogP contribution in [0.15, 0.2) is 36.4 Å². The maximum atomic E-state index is 11.0. The summed E-state index contributed by atoms with van der Waals surface area (Å²) in [7, 11) is 0. The van der Waals surface area contributed by atoms with Crippen molar-refractivity contribution in [3.05, 3.63) is 52.0 Å². The van der Waals surface area contributed by atoms with Crippen LogP contribution in [-0.4, -0.2) is 11.1 Å². The maximum Gasteiger partial charge on any atom is 0.337 e. The Labute approximate surface area is 114 Å². The van der Waals surface area contributed by atoms with E-state index in [1.165, 1.54) is 6.07 Å². The Hall–Kier alpha value is -1.71. The maximum absolute atomic E-state index is 11.0. The molecule has 0 radical (unpaired) electrons. The molecule has 2 aromatic carbocycles. The quantitative estimate of drug-likeness (QED) is 0.820.